The van der Waals surface area contributed by atoms with Crippen molar-refractivity contribution in [3.63, 3.8) is 0 Å². The third-order valence-corrected chi connectivity index (χ3v) is 2.97. The van der Waals surface area contributed by atoms with Crippen LogP contribution in [0.3, 0.4) is 0 Å². The molecule has 21 heavy (non-hydrogen) atoms. The molecule has 1 aromatic rings. The number of hydrogen-bond acceptors (Lipinski definition) is 5. The van der Waals surface area contributed by atoms with Crippen LogP contribution in [-0.2, 0) is 10.9 Å². The summed E-state index contributed by atoms with van der Waals surface area (Å²) in [5.41, 5.74) is -0.963. The Balaban J connectivity index is 2.13. The second-order valence-electron chi connectivity index (χ2n) is 5.27. The van der Waals surface area contributed by atoms with E-state index >= 15 is 0 Å². The standard InChI is InChI=1S/C13H19F3N4O/c1-8(2)18-12-19-10(13(14,15)16)6-11(20-12)17-7-9-4-3-5-21-9/h6,8-9H,3-5,7H2,1-2H3,(H2,17,18,19,20)/t9-/m1/s1. The number of anilines is 2. The summed E-state index contributed by atoms with van der Waals surface area (Å²) < 4.78 is 44.0. The molecule has 1 atom stereocenters. The van der Waals surface area contributed by atoms with E-state index in [-0.39, 0.29) is 23.9 Å². The van der Waals surface area contributed by atoms with Crippen LogP contribution in [0.15, 0.2) is 6.07 Å². The number of nitrogens with zero attached hydrogens (tertiary/aromatic N) is 2. The minimum absolute atomic E-state index is 0.0239. The van der Waals surface area contributed by atoms with Gasteiger partial charge < -0.3 is 15.4 Å². The Hall–Kier alpha value is -1.57. The predicted molar refractivity (Wildman–Crippen MR) is 73.3 cm³/mol. The van der Waals surface area contributed by atoms with Gasteiger partial charge in [0.2, 0.25) is 5.95 Å². The fourth-order valence-electron chi connectivity index (χ4n) is 2.03. The summed E-state index contributed by atoms with van der Waals surface area (Å²) in [6, 6.07) is 0.861. The van der Waals surface area contributed by atoms with Crippen molar-refractivity contribution in [2.24, 2.45) is 0 Å². The minimum atomic E-state index is -4.50. The molecule has 5 nitrogen and oxygen atoms in total. The summed E-state index contributed by atoms with van der Waals surface area (Å²) in [4.78, 5) is 7.57. The molecule has 8 heteroatoms. The summed E-state index contributed by atoms with van der Waals surface area (Å²) in [6.45, 7) is 4.76. The highest BCUT2D eigenvalue weighted by Gasteiger charge is 2.34. The lowest BCUT2D eigenvalue weighted by Gasteiger charge is -2.15. The van der Waals surface area contributed by atoms with Gasteiger partial charge >= 0.3 is 6.18 Å². The first kappa shape index (κ1) is 15.8. The van der Waals surface area contributed by atoms with Crippen LogP contribution in [0.4, 0.5) is 24.9 Å². The van der Waals surface area contributed by atoms with Crippen molar-refractivity contribution < 1.29 is 17.9 Å². The van der Waals surface area contributed by atoms with E-state index in [1.807, 2.05) is 13.8 Å². The van der Waals surface area contributed by atoms with Gasteiger partial charge in [-0.3, -0.25) is 0 Å². The monoisotopic (exact) mass is 304 g/mol. The number of hydrogen-bond donors (Lipinski definition) is 2. The lowest BCUT2D eigenvalue weighted by Crippen LogP contribution is -2.21. The summed E-state index contributed by atoms with van der Waals surface area (Å²) in [5, 5.41) is 5.69. The van der Waals surface area contributed by atoms with Crippen LogP contribution in [0.25, 0.3) is 0 Å². The zero-order chi connectivity index (χ0) is 15.5. The predicted octanol–water partition coefficient (Wildman–Crippen LogP) is 2.91. The first-order valence-electron chi connectivity index (χ1n) is 6.93. The maximum absolute atomic E-state index is 12.9. The third kappa shape index (κ3) is 4.73. The van der Waals surface area contributed by atoms with Crippen molar-refractivity contribution in [2.45, 2.75) is 45.0 Å². The van der Waals surface area contributed by atoms with Crippen LogP contribution in [0, 0.1) is 0 Å². The Morgan fingerprint density at radius 2 is 2.14 bits per heavy atom. The Morgan fingerprint density at radius 1 is 1.38 bits per heavy atom. The average molecular weight is 304 g/mol. The Bertz CT molecular complexity index is 473. The number of halogens is 3. The molecule has 0 bridgehead atoms. The molecule has 118 valence electrons. The molecule has 2 rings (SSSR count). The van der Waals surface area contributed by atoms with E-state index in [0.29, 0.717) is 13.2 Å². The van der Waals surface area contributed by atoms with Gasteiger partial charge in [0.15, 0.2) is 5.69 Å². The molecule has 0 unspecified atom stereocenters. The Labute approximate surface area is 121 Å². The summed E-state index contributed by atoms with van der Waals surface area (Å²) >= 11 is 0. The van der Waals surface area contributed by atoms with E-state index in [1.54, 1.807) is 0 Å². The summed E-state index contributed by atoms with van der Waals surface area (Å²) in [5.74, 6) is 0.116. The van der Waals surface area contributed by atoms with E-state index in [4.69, 9.17) is 4.74 Å². The third-order valence-electron chi connectivity index (χ3n) is 2.97. The van der Waals surface area contributed by atoms with Gasteiger partial charge in [-0.1, -0.05) is 0 Å². The molecule has 1 saturated heterocycles. The highest BCUT2D eigenvalue weighted by molar-refractivity contribution is 5.43. The average Bonchev–Trinajstić information content (AvgIpc) is 2.87. The number of aromatic nitrogens is 2. The van der Waals surface area contributed by atoms with Crippen LogP contribution >= 0.6 is 0 Å². The second-order valence-corrected chi connectivity index (χ2v) is 5.27. The molecule has 0 radical (unpaired) electrons. The lowest BCUT2D eigenvalue weighted by atomic mass is 10.2. The van der Waals surface area contributed by atoms with E-state index in [0.717, 1.165) is 18.9 Å². The smallest absolute Gasteiger partial charge is 0.376 e. The molecule has 0 aliphatic carbocycles. The van der Waals surface area contributed by atoms with Crippen LogP contribution in [0.1, 0.15) is 32.4 Å². The fourth-order valence-corrected chi connectivity index (χ4v) is 2.03. The molecule has 0 amide bonds. The first-order valence-corrected chi connectivity index (χ1v) is 6.93. The largest absolute Gasteiger partial charge is 0.433 e. The molecule has 0 spiro atoms. The highest BCUT2D eigenvalue weighted by Crippen LogP contribution is 2.29. The molecule has 1 aromatic heterocycles. The Morgan fingerprint density at radius 3 is 2.71 bits per heavy atom. The van der Waals surface area contributed by atoms with Gasteiger partial charge in [0.25, 0.3) is 0 Å². The van der Waals surface area contributed by atoms with Crippen molar-refractivity contribution in [3.05, 3.63) is 11.8 Å². The van der Waals surface area contributed by atoms with E-state index in [1.165, 1.54) is 0 Å². The van der Waals surface area contributed by atoms with Crippen LogP contribution in [0.2, 0.25) is 0 Å². The van der Waals surface area contributed by atoms with Crippen molar-refractivity contribution in [1.82, 2.24) is 9.97 Å². The molecular weight excluding hydrogens is 285 g/mol. The first-order chi connectivity index (χ1) is 9.84. The van der Waals surface area contributed by atoms with E-state index in [9.17, 15) is 13.2 Å². The van der Waals surface area contributed by atoms with Crippen molar-refractivity contribution in [1.29, 1.82) is 0 Å². The van der Waals surface area contributed by atoms with Crippen molar-refractivity contribution in [2.75, 3.05) is 23.8 Å². The maximum Gasteiger partial charge on any atom is 0.433 e. The SMILES string of the molecule is CC(C)Nc1nc(NC[C@H]2CCCO2)cc(C(F)(F)F)n1. The number of alkyl halides is 3. The molecule has 0 saturated carbocycles. The summed E-state index contributed by atoms with van der Waals surface area (Å²) in [7, 11) is 0. The molecule has 2 N–H and O–H groups in total. The van der Waals surface area contributed by atoms with Gasteiger partial charge in [0.1, 0.15) is 5.82 Å². The van der Waals surface area contributed by atoms with Gasteiger partial charge in [-0.25, -0.2) is 4.98 Å². The molecule has 0 aromatic carbocycles. The second kappa shape index (κ2) is 6.46. The molecule has 1 aliphatic heterocycles. The normalized spacial score (nSPS) is 19.0. The van der Waals surface area contributed by atoms with E-state index < -0.39 is 11.9 Å². The minimum Gasteiger partial charge on any atom is -0.376 e. The fraction of sp³-hybridized carbons (Fsp3) is 0.692. The van der Waals surface area contributed by atoms with Gasteiger partial charge in [0, 0.05) is 25.3 Å². The van der Waals surface area contributed by atoms with Crippen LogP contribution < -0.4 is 10.6 Å². The van der Waals surface area contributed by atoms with E-state index in [2.05, 4.69) is 20.6 Å². The van der Waals surface area contributed by atoms with Crippen molar-refractivity contribution in [3.8, 4) is 0 Å². The number of ether oxygens (including phenoxy) is 1. The van der Waals surface area contributed by atoms with Gasteiger partial charge in [-0.2, -0.15) is 18.2 Å². The van der Waals surface area contributed by atoms with Crippen LogP contribution in [-0.4, -0.2) is 35.3 Å². The molecule has 1 aliphatic rings. The zero-order valence-corrected chi connectivity index (χ0v) is 12.0. The molecule has 1 fully saturated rings. The quantitative estimate of drug-likeness (QED) is 0.876. The van der Waals surface area contributed by atoms with Crippen LogP contribution in [0.5, 0.6) is 0 Å². The maximum atomic E-state index is 12.9. The zero-order valence-electron chi connectivity index (χ0n) is 12.0. The van der Waals surface area contributed by atoms with Gasteiger partial charge in [-0.15, -0.1) is 0 Å². The Kier molecular flexibility index (Phi) is 4.87. The number of nitrogens with one attached hydrogen (secondary N) is 2. The van der Waals surface area contributed by atoms with Gasteiger partial charge in [0.05, 0.1) is 6.10 Å². The molecular formula is C13H19F3N4O. The highest BCUT2D eigenvalue weighted by atomic mass is 19.4. The molecule has 2 heterocycles. The summed E-state index contributed by atoms with van der Waals surface area (Å²) in [6.07, 6.45) is -2.60. The topological polar surface area (TPSA) is 59.1 Å². The number of rotatable bonds is 5. The lowest BCUT2D eigenvalue weighted by molar-refractivity contribution is -0.141. The van der Waals surface area contributed by atoms with Crippen molar-refractivity contribution >= 4 is 11.8 Å². The van der Waals surface area contributed by atoms with Gasteiger partial charge in [-0.05, 0) is 26.7 Å².